The third kappa shape index (κ3) is 5.21. The molecule has 0 aromatic heterocycles. The molecule has 1 heterocycles. The van der Waals surface area contributed by atoms with E-state index in [4.69, 9.17) is 5.11 Å². The van der Waals surface area contributed by atoms with Crippen molar-refractivity contribution in [3.63, 3.8) is 0 Å². The maximum Gasteiger partial charge on any atom is 0.317 e. The van der Waals surface area contributed by atoms with E-state index in [1.807, 2.05) is 11.8 Å². The second-order valence-electron chi connectivity index (χ2n) is 7.17. The molecular weight excluding hydrogens is 366 g/mol. The van der Waals surface area contributed by atoms with Gasteiger partial charge in [0, 0.05) is 32.7 Å². The number of piperidine rings is 1. The average molecular weight is 398 g/mol. The van der Waals surface area contributed by atoms with Crippen molar-refractivity contribution in [3.8, 4) is 0 Å². The van der Waals surface area contributed by atoms with Crippen LogP contribution in [0.1, 0.15) is 38.7 Å². The van der Waals surface area contributed by atoms with Crippen LogP contribution in [0.5, 0.6) is 0 Å². The van der Waals surface area contributed by atoms with Gasteiger partial charge in [0.1, 0.15) is 0 Å². The number of aliphatic hydroxyl groups excluding tert-OH is 1. The zero-order valence-corrected chi connectivity index (χ0v) is 17.2. The Bertz CT molecular complexity index is 738. The second kappa shape index (κ2) is 9.52. The lowest BCUT2D eigenvalue weighted by molar-refractivity contribution is 0.130. The standard InChI is InChI=1S/C19H31N3O4S/c1-4-16-10-9-15(2)22(14-16)19(24)20-13-17-7-5-6-8-18(17)27(25,26)21(3)11-12-23/h5-8,15-16,23H,4,9-14H2,1-3H3,(H,20,24)/t15-,16-/m1/s1. The lowest BCUT2D eigenvalue weighted by Gasteiger charge is -2.37. The zero-order valence-electron chi connectivity index (χ0n) is 16.4. The SMILES string of the molecule is CC[C@@H]1CC[C@@H](C)N(C(=O)NCc2ccccc2S(=O)(=O)N(C)CCO)C1. The Morgan fingerprint density at radius 2 is 2.04 bits per heavy atom. The molecule has 1 fully saturated rings. The van der Waals surface area contributed by atoms with Gasteiger partial charge in [-0.15, -0.1) is 0 Å². The number of amides is 2. The van der Waals surface area contributed by atoms with Crippen LogP contribution < -0.4 is 5.32 Å². The summed E-state index contributed by atoms with van der Waals surface area (Å²) in [4.78, 5) is 14.7. The van der Waals surface area contributed by atoms with Crippen LogP contribution in [0, 0.1) is 5.92 Å². The Balaban J connectivity index is 2.11. The van der Waals surface area contributed by atoms with E-state index < -0.39 is 10.0 Å². The maximum atomic E-state index is 12.7. The van der Waals surface area contributed by atoms with Gasteiger partial charge in [-0.2, -0.15) is 4.31 Å². The van der Waals surface area contributed by atoms with Gasteiger partial charge in [-0.3, -0.25) is 0 Å². The minimum absolute atomic E-state index is 0.0206. The molecule has 2 N–H and O–H groups in total. The van der Waals surface area contributed by atoms with E-state index in [1.54, 1.807) is 18.2 Å². The first-order valence-electron chi connectivity index (χ1n) is 9.50. The van der Waals surface area contributed by atoms with Crippen LogP contribution in [-0.4, -0.2) is 61.5 Å². The van der Waals surface area contributed by atoms with Gasteiger partial charge in [0.25, 0.3) is 0 Å². The molecule has 7 nitrogen and oxygen atoms in total. The molecular formula is C19H31N3O4S. The van der Waals surface area contributed by atoms with Crippen LogP contribution in [0.2, 0.25) is 0 Å². The summed E-state index contributed by atoms with van der Waals surface area (Å²) < 4.78 is 26.5. The molecule has 1 aromatic carbocycles. The van der Waals surface area contributed by atoms with Crippen LogP contribution >= 0.6 is 0 Å². The summed E-state index contributed by atoms with van der Waals surface area (Å²) in [6.07, 6.45) is 3.18. The molecule has 0 radical (unpaired) electrons. The summed E-state index contributed by atoms with van der Waals surface area (Å²) in [5.74, 6) is 0.520. The van der Waals surface area contributed by atoms with Crippen molar-refractivity contribution in [1.82, 2.24) is 14.5 Å². The van der Waals surface area contributed by atoms with E-state index in [1.165, 1.54) is 13.1 Å². The Morgan fingerprint density at radius 3 is 2.70 bits per heavy atom. The van der Waals surface area contributed by atoms with Crippen LogP contribution in [0.25, 0.3) is 0 Å². The predicted molar refractivity (Wildman–Crippen MR) is 105 cm³/mol. The maximum absolute atomic E-state index is 12.7. The van der Waals surface area contributed by atoms with Crippen LogP contribution in [0.4, 0.5) is 4.79 Å². The minimum Gasteiger partial charge on any atom is -0.395 e. The van der Waals surface area contributed by atoms with Crippen molar-refractivity contribution in [2.24, 2.45) is 5.92 Å². The predicted octanol–water partition coefficient (Wildman–Crippen LogP) is 2.02. The molecule has 2 rings (SSSR count). The topological polar surface area (TPSA) is 90.0 Å². The highest BCUT2D eigenvalue weighted by Crippen LogP contribution is 2.24. The number of aliphatic hydroxyl groups is 1. The van der Waals surface area contributed by atoms with Crippen LogP contribution in [0.15, 0.2) is 29.2 Å². The first-order valence-corrected chi connectivity index (χ1v) is 10.9. The summed E-state index contributed by atoms with van der Waals surface area (Å²) in [5.41, 5.74) is 0.535. The number of sulfonamides is 1. The van der Waals surface area contributed by atoms with Crippen LogP contribution in [-0.2, 0) is 16.6 Å². The van der Waals surface area contributed by atoms with Gasteiger partial charge in [-0.25, -0.2) is 13.2 Å². The molecule has 1 aromatic rings. The summed E-state index contributed by atoms with van der Waals surface area (Å²) in [7, 11) is -2.29. The fourth-order valence-electron chi connectivity index (χ4n) is 3.40. The van der Waals surface area contributed by atoms with Crippen molar-refractivity contribution in [2.75, 3.05) is 26.7 Å². The smallest absolute Gasteiger partial charge is 0.317 e. The largest absolute Gasteiger partial charge is 0.395 e. The Labute approximate surface area is 162 Å². The third-order valence-electron chi connectivity index (χ3n) is 5.32. The number of nitrogens with one attached hydrogen (secondary N) is 1. The molecule has 2 atom stereocenters. The van der Waals surface area contributed by atoms with Gasteiger partial charge >= 0.3 is 6.03 Å². The summed E-state index contributed by atoms with van der Waals surface area (Å²) >= 11 is 0. The second-order valence-corrected chi connectivity index (χ2v) is 9.18. The van der Waals surface area contributed by atoms with Gasteiger partial charge in [0.2, 0.25) is 10.0 Å². The molecule has 2 amide bonds. The highest BCUT2D eigenvalue weighted by atomic mass is 32.2. The number of hydrogen-bond acceptors (Lipinski definition) is 4. The number of urea groups is 1. The van der Waals surface area contributed by atoms with Crippen molar-refractivity contribution in [2.45, 2.75) is 50.6 Å². The van der Waals surface area contributed by atoms with E-state index >= 15 is 0 Å². The molecule has 8 heteroatoms. The molecule has 0 spiro atoms. The first kappa shape index (κ1) is 21.7. The fourth-order valence-corrected chi connectivity index (χ4v) is 4.78. The lowest BCUT2D eigenvalue weighted by Crippen LogP contribution is -2.49. The zero-order chi connectivity index (χ0) is 20.0. The fraction of sp³-hybridized carbons (Fsp3) is 0.632. The van der Waals surface area contributed by atoms with Gasteiger partial charge in [0.05, 0.1) is 11.5 Å². The number of benzene rings is 1. The molecule has 0 aliphatic carbocycles. The molecule has 152 valence electrons. The summed E-state index contributed by atoms with van der Waals surface area (Å²) in [5, 5.41) is 11.9. The Hall–Kier alpha value is -1.64. The summed E-state index contributed by atoms with van der Waals surface area (Å²) in [6, 6.07) is 6.67. The third-order valence-corrected chi connectivity index (χ3v) is 7.28. The van der Waals surface area contributed by atoms with Gasteiger partial charge < -0.3 is 15.3 Å². The molecule has 27 heavy (non-hydrogen) atoms. The van der Waals surface area contributed by atoms with E-state index in [0.717, 1.165) is 30.1 Å². The number of carbonyl (C=O) groups excluding carboxylic acids is 1. The molecule has 0 saturated carbocycles. The van der Waals surface area contributed by atoms with Gasteiger partial charge in [-0.05, 0) is 37.3 Å². The Morgan fingerprint density at radius 1 is 1.33 bits per heavy atom. The molecule has 1 aliphatic rings. The first-order chi connectivity index (χ1) is 12.8. The minimum atomic E-state index is -3.72. The normalized spacial score (nSPS) is 20.7. The van der Waals surface area contributed by atoms with E-state index in [2.05, 4.69) is 12.2 Å². The number of likely N-dealkylation sites (tertiary alicyclic amines) is 1. The highest BCUT2D eigenvalue weighted by Gasteiger charge is 2.28. The Kier molecular flexibility index (Phi) is 7.64. The van der Waals surface area contributed by atoms with E-state index in [0.29, 0.717) is 11.5 Å². The van der Waals surface area contributed by atoms with Crippen molar-refractivity contribution < 1.29 is 18.3 Å². The number of likely N-dealkylation sites (N-methyl/N-ethyl adjacent to an activating group) is 1. The van der Waals surface area contributed by atoms with Crippen molar-refractivity contribution >= 4 is 16.1 Å². The van der Waals surface area contributed by atoms with Crippen molar-refractivity contribution in [3.05, 3.63) is 29.8 Å². The monoisotopic (exact) mass is 397 g/mol. The number of rotatable bonds is 7. The molecule has 0 bridgehead atoms. The summed E-state index contributed by atoms with van der Waals surface area (Å²) in [6.45, 7) is 4.84. The average Bonchev–Trinajstić information content (AvgIpc) is 2.66. The lowest BCUT2D eigenvalue weighted by atomic mass is 9.92. The molecule has 0 unspecified atom stereocenters. The van der Waals surface area contributed by atoms with Crippen LogP contribution in [0.3, 0.4) is 0 Å². The highest BCUT2D eigenvalue weighted by molar-refractivity contribution is 7.89. The number of carbonyl (C=O) groups is 1. The number of hydrogen-bond donors (Lipinski definition) is 2. The van der Waals surface area contributed by atoms with Gasteiger partial charge in [-0.1, -0.05) is 31.5 Å². The van der Waals surface area contributed by atoms with Crippen molar-refractivity contribution in [1.29, 1.82) is 0 Å². The van der Waals surface area contributed by atoms with Gasteiger partial charge in [0.15, 0.2) is 0 Å². The number of nitrogens with zero attached hydrogens (tertiary/aromatic N) is 2. The van der Waals surface area contributed by atoms with E-state index in [-0.39, 0.29) is 36.7 Å². The quantitative estimate of drug-likeness (QED) is 0.737. The molecule has 1 aliphatic heterocycles. The van der Waals surface area contributed by atoms with E-state index in [9.17, 15) is 13.2 Å². The molecule has 1 saturated heterocycles.